The Morgan fingerprint density at radius 1 is 1.00 bits per heavy atom. The number of carboxylic acids is 1. The lowest BCUT2D eigenvalue weighted by Gasteiger charge is -2.29. The van der Waals surface area contributed by atoms with E-state index in [1.54, 1.807) is 18.7 Å². The molecule has 1 saturated carbocycles. The number of likely N-dealkylation sites (tertiary alicyclic amines) is 1. The van der Waals surface area contributed by atoms with Gasteiger partial charge in [0, 0.05) is 31.0 Å². The summed E-state index contributed by atoms with van der Waals surface area (Å²) in [6, 6.07) is 16.3. The Morgan fingerprint density at radius 3 is 2.09 bits per heavy atom. The maximum absolute atomic E-state index is 12.7. The van der Waals surface area contributed by atoms with Gasteiger partial charge in [0.15, 0.2) is 0 Å². The average Bonchev–Trinajstić information content (AvgIpc) is 3.12. The van der Waals surface area contributed by atoms with Gasteiger partial charge in [-0.3, -0.25) is 9.59 Å². The summed E-state index contributed by atoms with van der Waals surface area (Å²) in [5, 5.41) is 12.0. The third-order valence-electron chi connectivity index (χ3n) is 7.21. The number of carbonyl (C=O) groups excluding carboxylic acids is 2. The van der Waals surface area contributed by atoms with Gasteiger partial charge in [-0.2, -0.15) is 0 Å². The lowest BCUT2D eigenvalue weighted by molar-refractivity contribution is -0.141. The van der Waals surface area contributed by atoms with Crippen LogP contribution in [-0.2, 0) is 14.3 Å². The van der Waals surface area contributed by atoms with Gasteiger partial charge in [-0.25, -0.2) is 4.79 Å². The predicted molar refractivity (Wildman–Crippen MR) is 122 cm³/mol. The smallest absolute Gasteiger partial charge is 0.407 e. The van der Waals surface area contributed by atoms with E-state index in [2.05, 4.69) is 29.6 Å². The van der Waals surface area contributed by atoms with Crippen LogP contribution in [0.1, 0.15) is 37.3 Å². The van der Waals surface area contributed by atoms with E-state index in [-0.39, 0.29) is 42.6 Å². The Hall–Kier alpha value is -3.35. The quantitative estimate of drug-likeness (QED) is 0.705. The fraction of sp³-hybridized carbons (Fsp3) is 0.423. The standard InChI is InChI=1S/C26H28N2O5/c1-26(2,11-22(29)28-12-19-20(13-28)23(19)24(30)31)27-25(32)33-14-21-17-9-5-3-7-15(17)16-8-4-6-10-18(16)21/h3-10,19-21,23H,11-14H2,1-2H3,(H,27,32)(H,30,31). The molecule has 2 fully saturated rings. The maximum Gasteiger partial charge on any atom is 0.407 e. The summed E-state index contributed by atoms with van der Waals surface area (Å²) in [4.78, 5) is 38.2. The lowest BCUT2D eigenvalue weighted by atomic mass is 9.98. The minimum Gasteiger partial charge on any atom is -0.481 e. The van der Waals surface area contributed by atoms with Crippen molar-refractivity contribution < 1.29 is 24.2 Å². The number of carbonyl (C=O) groups is 3. The summed E-state index contributed by atoms with van der Waals surface area (Å²) < 4.78 is 5.61. The van der Waals surface area contributed by atoms with Gasteiger partial charge in [0.05, 0.1) is 5.92 Å². The molecule has 2 atom stereocenters. The van der Waals surface area contributed by atoms with Gasteiger partial charge in [-0.05, 0) is 47.9 Å². The number of nitrogens with zero attached hydrogens (tertiary/aromatic N) is 1. The van der Waals surface area contributed by atoms with Gasteiger partial charge in [-0.15, -0.1) is 0 Å². The molecular formula is C26H28N2O5. The number of alkyl carbamates (subject to hydrolysis) is 1. The number of ether oxygens (including phenoxy) is 1. The number of aliphatic carboxylic acids is 1. The van der Waals surface area contributed by atoms with E-state index < -0.39 is 17.6 Å². The first-order valence-corrected chi connectivity index (χ1v) is 11.4. The molecule has 33 heavy (non-hydrogen) atoms. The van der Waals surface area contributed by atoms with Gasteiger partial charge in [0.1, 0.15) is 6.61 Å². The molecule has 1 heterocycles. The van der Waals surface area contributed by atoms with Crippen molar-refractivity contribution in [3.8, 4) is 11.1 Å². The second kappa shape index (κ2) is 7.90. The zero-order chi connectivity index (χ0) is 23.3. The van der Waals surface area contributed by atoms with E-state index in [1.165, 1.54) is 11.1 Å². The number of hydrogen-bond donors (Lipinski definition) is 2. The van der Waals surface area contributed by atoms with Crippen LogP contribution < -0.4 is 5.32 Å². The fourth-order valence-corrected chi connectivity index (χ4v) is 5.54. The Kier molecular flexibility index (Phi) is 5.15. The molecule has 0 radical (unpaired) electrons. The molecule has 2 aromatic carbocycles. The lowest BCUT2D eigenvalue weighted by Crippen LogP contribution is -2.48. The Morgan fingerprint density at radius 2 is 1.55 bits per heavy atom. The van der Waals surface area contributed by atoms with E-state index in [0.717, 1.165) is 11.1 Å². The van der Waals surface area contributed by atoms with Gasteiger partial charge in [0.25, 0.3) is 0 Å². The normalized spacial score (nSPS) is 22.8. The molecule has 7 nitrogen and oxygen atoms in total. The van der Waals surface area contributed by atoms with Crippen LogP contribution in [0.2, 0.25) is 0 Å². The van der Waals surface area contributed by atoms with Gasteiger partial charge < -0.3 is 20.1 Å². The van der Waals surface area contributed by atoms with Gasteiger partial charge in [-0.1, -0.05) is 48.5 Å². The summed E-state index contributed by atoms with van der Waals surface area (Å²) in [6.07, 6.45) is -0.418. The third-order valence-corrected chi connectivity index (χ3v) is 7.21. The number of rotatable bonds is 6. The topological polar surface area (TPSA) is 95.9 Å². The molecule has 2 aliphatic carbocycles. The van der Waals surface area contributed by atoms with Crippen molar-refractivity contribution in [2.75, 3.05) is 19.7 Å². The molecule has 1 aliphatic heterocycles. The van der Waals surface area contributed by atoms with Crippen LogP contribution in [0.25, 0.3) is 11.1 Å². The van der Waals surface area contributed by atoms with Crippen molar-refractivity contribution in [3.63, 3.8) is 0 Å². The average molecular weight is 449 g/mol. The molecule has 2 unspecified atom stereocenters. The molecule has 2 amide bonds. The summed E-state index contributed by atoms with van der Waals surface area (Å²) in [5.74, 6) is -1.02. The molecule has 2 N–H and O–H groups in total. The molecule has 2 aromatic rings. The van der Waals surface area contributed by atoms with Gasteiger partial charge in [0.2, 0.25) is 5.91 Å². The Labute approximate surface area is 192 Å². The number of fused-ring (bicyclic) bond motifs is 4. The minimum absolute atomic E-state index is 0.0219. The van der Waals surface area contributed by atoms with Crippen molar-refractivity contribution in [1.82, 2.24) is 10.2 Å². The first kappa shape index (κ1) is 21.5. The van der Waals surface area contributed by atoms with Crippen LogP contribution in [0.3, 0.4) is 0 Å². The van der Waals surface area contributed by atoms with Crippen molar-refractivity contribution in [1.29, 1.82) is 0 Å². The zero-order valence-corrected chi connectivity index (χ0v) is 18.8. The first-order chi connectivity index (χ1) is 15.7. The highest BCUT2D eigenvalue weighted by molar-refractivity contribution is 5.81. The Bertz CT molecular complexity index is 1070. The van der Waals surface area contributed by atoms with Crippen LogP contribution in [0.5, 0.6) is 0 Å². The monoisotopic (exact) mass is 448 g/mol. The maximum atomic E-state index is 12.7. The second-order valence-corrected chi connectivity index (χ2v) is 10.0. The van der Waals surface area contributed by atoms with E-state index >= 15 is 0 Å². The summed E-state index contributed by atoms with van der Waals surface area (Å²) in [6.45, 7) is 4.78. The van der Waals surface area contributed by atoms with Crippen molar-refractivity contribution in [2.45, 2.75) is 31.7 Å². The molecule has 5 rings (SSSR count). The van der Waals surface area contributed by atoms with E-state index in [1.807, 2.05) is 24.3 Å². The van der Waals surface area contributed by atoms with Crippen LogP contribution in [0, 0.1) is 17.8 Å². The summed E-state index contributed by atoms with van der Waals surface area (Å²) in [5.41, 5.74) is 3.85. The highest BCUT2D eigenvalue weighted by Crippen LogP contribution is 2.52. The summed E-state index contributed by atoms with van der Waals surface area (Å²) in [7, 11) is 0. The minimum atomic E-state index is -0.779. The summed E-state index contributed by atoms with van der Waals surface area (Å²) >= 11 is 0. The van der Waals surface area contributed by atoms with E-state index in [9.17, 15) is 14.4 Å². The van der Waals surface area contributed by atoms with E-state index in [0.29, 0.717) is 13.1 Å². The highest BCUT2D eigenvalue weighted by atomic mass is 16.5. The van der Waals surface area contributed by atoms with Crippen molar-refractivity contribution >= 4 is 18.0 Å². The molecule has 1 saturated heterocycles. The van der Waals surface area contributed by atoms with Crippen LogP contribution in [-0.4, -0.2) is 53.2 Å². The number of benzene rings is 2. The van der Waals surface area contributed by atoms with Crippen molar-refractivity contribution in [2.24, 2.45) is 17.8 Å². The number of nitrogens with one attached hydrogen (secondary N) is 1. The molecular weight excluding hydrogens is 420 g/mol. The zero-order valence-electron chi connectivity index (χ0n) is 18.8. The number of hydrogen-bond acceptors (Lipinski definition) is 4. The van der Waals surface area contributed by atoms with Crippen LogP contribution >= 0.6 is 0 Å². The third kappa shape index (κ3) is 3.96. The molecule has 0 spiro atoms. The molecule has 7 heteroatoms. The Balaban J connectivity index is 1.15. The number of carboxylic acid groups (broad SMARTS) is 1. The number of piperidine rings is 1. The second-order valence-electron chi connectivity index (χ2n) is 10.0. The van der Waals surface area contributed by atoms with Crippen LogP contribution in [0.15, 0.2) is 48.5 Å². The van der Waals surface area contributed by atoms with Crippen LogP contribution in [0.4, 0.5) is 4.79 Å². The molecule has 172 valence electrons. The van der Waals surface area contributed by atoms with Gasteiger partial charge >= 0.3 is 12.1 Å². The number of amides is 2. The molecule has 0 bridgehead atoms. The largest absolute Gasteiger partial charge is 0.481 e. The molecule has 3 aliphatic rings. The molecule has 0 aromatic heterocycles. The van der Waals surface area contributed by atoms with Crippen molar-refractivity contribution in [3.05, 3.63) is 59.7 Å². The van der Waals surface area contributed by atoms with E-state index in [4.69, 9.17) is 9.84 Å². The predicted octanol–water partition coefficient (Wildman–Crippen LogP) is 3.48. The SMILES string of the molecule is CC(C)(CC(=O)N1CC2C(C1)C2C(=O)O)NC(=O)OCC1c2ccccc2-c2ccccc21. The fourth-order valence-electron chi connectivity index (χ4n) is 5.54. The highest BCUT2D eigenvalue weighted by Gasteiger charge is 2.60. The first-order valence-electron chi connectivity index (χ1n) is 11.4.